The minimum absolute atomic E-state index is 0.0768. The summed E-state index contributed by atoms with van der Waals surface area (Å²) in [5.41, 5.74) is 2.94. The van der Waals surface area contributed by atoms with Gasteiger partial charge >= 0.3 is 6.01 Å². The summed E-state index contributed by atoms with van der Waals surface area (Å²) in [5.74, 6) is -0.135. The molecule has 2 heterocycles. The monoisotopic (exact) mass is 364 g/mol. The van der Waals surface area contributed by atoms with Gasteiger partial charge in [0.15, 0.2) is 5.78 Å². The molecular formula is C21H24N4O2. The summed E-state index contributed by atoms with van der Waals surface area (Å²) in [7, 11) is 1.53. The summed E-state index contributed by atoms with van der Waals surface area (Å²) < 4.78 is 4.97. The van der Waals surface area contributed by atoms with E-state index in [0.717, 1.165) is 42.5 Å². The number of methoxy groups -OCH3 is 1. The molecule has 2 atom stereocenters. The largest absolute Gasteiger partial charge is 0.467 e. The zero-order chi connectivity index (χ0) is 19.1. The number of rotatable bonds is 7. The molecule has 27 heavy (non-hydrogen) atoms. The quantitative estimate of drug-likeness (QED) is 0.813. The van der Waals surface area contributed by atoms with Crippen LogP contribution in [-0.2, 0) is 11.2 Å². The lowest BCUT2D eigenvalue weighted by Gasteiger charge is -2.23. The zero-order valence-electron chi connectivity index (χ0n) is 15.5. The van der Waals surface area contributed by atoms with E-state index in [1.807, 2.05) is 24.3 Å². The van der Waals surface area contributed by atoms with Crippen LogP contribution in [0.15, 0.2) is 36.7 Å². The molecule has 3 rings (SSSR count). The van der Waals surface area contributed by atoms with Gasteiger partial charge in [-0.25, -0.2) is 9.97 Å². The summed E-state index contributed by atoms with van der Waals surface area (Å²) in [6.45, 7) is 0.893. The van der Waals surface area contributed by atoms with E-state index < -0.39 is 0 Å². The van der Waals surface area contributed by atoms with Crippen molar-refractivity contribution in [2.45, 2.75) is 38.1 Å². The van der Waals surface area contributed by atoms with Crippen LogP contribution in [0.3, 0.4) is 0 Å². The van der Waals surface area contributed by atoms with Gasteiger partial charge in [0.2, 0.25) is 0 Å². The summed E-state index contributed by atoms with van der Waals surface area (Å²) in [4.78, 5) is 20.6. The topological polar surface area (TPSA) is 87.9 Å². The molecule has 1 fully saturated rings. The molecule has 0 radical (unpaired) electrons. The second-order valence-electron chi connectivity index (χ2n) is 6.86. The highest BCUT2D eigenvalue weighted by Crippen LogP contribution is 2.21. The molecular weight excluding hydrogens is 340 g/mol. The predicted octanol–water partition coefficient (Wildman–Crippen LogP) is 2.94. The summed E-state index contributed by atoms with van der Waals surface area (Å²) in [6, 6.07) is 10.5. The first kappa shape index (κ1) is 19.0. The number of benzene rings is 1. The van der Waals surface area contributed by atoms with Crippen molar-refractivity contribution in [3.8, 4) is 23.2 Å². The SMILES string of the molecule is COc1ncc(-c2ccc(C[C@@H](C#N)CC(=O)[C@@H]3CCCCN3)cc2)cn1. The van der Waals surface area contributed by atoms with E-state index >= 15 is 0 Å². The van der Waals surface area contributed by atoms with Gasteiger partial charge in [-0.05, 0) is 36.9 Å². The molecule has 0 spiro atoms. The van der Waals surface area contributed by atoms with E-state index in [1.165, 1.54) is 7.11 Å². The second-order valence-corrected chi connectivity index (χ2v) is 6.86. The number of hydrogen-bond donors (Lipinski definition) is 1. The number of Topliss-reactive ketones (excluding diaryl/α,β-unsaturated/α-hetero) is 1. The van der Waals surface area contributed by atoms with E-state index in [0.29, 0.717) is 18.9 Å². The third-order valence-corrected chi connectivity index (χ3v) is 4.91. The lowest BCUT2D eigenvalue weighted by atomic mass is 9.90. The molecule has 1 N–H and O–H groups in total. The molecule has 1 aliphatic heterocycles. The number of ketones is 1. The van der Waals surface area contributed by atoms with Crippen LogP contribution in [0.4, 0.5) is 0 Å². The molecule has 1 aliphatic rings. The minimum Gasteiger partial charge on any atom is -0.467 e. The first-order valence-electron chi connectivity index (χ1n) is 9.30. The molecule has 1 aromatic carbocycles. The molecule has 1 saturated heterocycles. The highest BCUT2D eigenvalue weighted by atomic mass is 16.5. The number of hydrogen-bond acceptors (Lipinski definition) is 6. The Balaban J connectivity index is 1.60. The molecule has 0 bridgehead atoms. The van der Waals surface area contributed by atoms with Crippen molar-refractivity contribution in [1.82, 2.24) is 15.3 Å². The number of nitrogens with one attached hydrogen (secondary N) is 1. The fourth-order valence-corrected chi connectivity index (χ4v) is 3.36. The van der Waals surface area contributed by atoms with Crippen LogP contribution in [0.25, 0.3) is 11.1 Å². The highest BCUT2D eigenvalue weighted by molar-refractivity contribution is 5.84. The van der Waals surface area contributed by atoms with Crippen molar-refractivity contribution < 1.29 is 9.53 Å². The first-order valence-corrected chi connectivity index (χ1v) is 9.30. The fraction of sp³-hybridized carbons (Fsp3) is 0.429. The maximum absolute atomic E-state index is 12.4. The Kier molecular flexibility index (Phi) is 6.50. The van der Waals surface area contributed by atoms with Crippen molar-refractivity contribution >= 4 is 5.78 Å². The van der Waals surface area contributed by atoms with Gasteiger partial charge in [-0.2, -0.15) is 5.26 Å². The molecule has 140 valence electrons. The van der Waals surface area contributed by atoms with Gasteiger partial charge in [-0.1, -0.05) is 30.7 Å². The Hall–Kier alpha value is -2.78. The van der Waals surface area contributed by atoms with Crippen LogP contribution in [-0.4, -0.2) is 35.4 Å². The number of aromatic nitrogens is 2. The average Bonchev–Trinajstić information content (AvgIpc) is 2.74. The van der Waals surface area contributed by atoms with Gasteiger partial charge < -0.3 is 10.1 Å². The van der Waals surface area contributed by atoms with Gasteiger partial charge in [0.1, 0.15) is 0 Å². The van der Waals surface area contributed by atoms with Crippen LogP contribution < -0.4 is 10.1 Å². The lowest BCUT2D eigenvalue weighted by molar-refractivity contribution is -0.122. The van der Waals surface area contributed by atoms with Gasteiger partial charge in [-0.15, -0.1) is 0 Å². The number of carbonyl (C=O) groups excluding carboxylic acids is 1. The number of ether oxygens (including phenoxy) is 1. The van der Waals surface area contributed by atoms with Gasteiger partial charge in [0, 0.05) is 24.4 Å². The second kappa shape index (κ2) is 9.24. The first-order chi connectivity index (χ1) is 13.2. The summed E-state index contributed by atoms with van der Waals surface area (Å²) in [5, 5.41) is 12.7. The number of nitrogens with zero attached hydrogens (tertiary/aromatic N) is 3. The maximum atomic E-state index is 12.4. The van der Waals surface area contributed by atoms with E-state index in [-0.39, 0.29) is 17.7 Å². The van der Waals surface area contributed by atoms with Gasteiger partial charge in [0.25, 0.3) is 0 Å². The van der Waals surface area contributed by atoms with E-state index in [4.69, 9.17) is 4.74 Å². The van der Waals surface area contributed by atoms with Gasteiger partial charge in [0.05, 0.1) is 25.1 Å². The Labute approximate surface area is 159 Å². The van der Waals surface area contributed by atoms with Crippen LogP contribution in [0.1, 0.15) is 31.2 Å². The molecule has 6 nitrogen and oxygen atoms in total. The molecule has 6 heteroatoms. The van der Waals surface area contributed by atoms with Gasteiger partial charge in [-0.3, -0.25) is 4.79 Å². The highest BCUT2D eigenvalue weighted by Gasteiger charge is 2.23. The lowest BCUT2D eigenvalue weighted by Crippen LogP contribution is -2.41. The molecule has 2 aromatic rings. The summed E-state index contributed by atoms with van der Waals surface area (Å²) >= 11 is 0. The molecule has 0 unspecified atom stereocenters. The normalized spacial score (nSPS) is 17.7. The number of carbonyl (C=O) groups is 1. The van der Waals surface area contributed by atoms with Crippen LogP contribution in [0.5, 0.6) is 6.01 Å². The Morgan fingerprint density at radius 2 is 2.00 bits per heavy atom. The number of nitriles is 1. The summed E-state index contributed by atoms with van der Waals surface area (Å²) in [6.07, 6.45) is 7.41. The van der Waals surface area contributed by atoms with Crippen molar-refractivity contribution in [3.05, 3.63) is 42.2 Å². The van der Waals surface area contributed by atoms with E-state index in [2.05, 4.69) is 21.4 Å². The third kappa shape index (κ3) is 5.11. The molecule has 1 aromatic heterocycles. The van der Waals surface area contributed by atoms with Crippen molar-refractivity contribution in [3.63, 3.8) is 0 Å². The number of piperidine rings is 1. The van der Waals surface area contributed by atoms with Crippen LogP contribution >= 0.6 is 0 Å². The van der Waals surface area contributed by atoms with Crippen LogP contribution in [0.2, 0.25) is 0 Å². The fourth-order valence-electron chi connectivity index (χ4n) is 3.36. The van der Waals surface area contributed by atoms with E-state index in [1.54, 1.807) is 12.4 Å². The standard InChI is InChI=1S/C21H24N4O2/c1-27-21-24-13-18(14-25-21)17-7-5-15(6-8-17)10-16(12-22)11-20(26)19-4-2-3-9-23-19/h5-8,13-14,16,19,23H,2-4,9-11H2,1H3/t16-,19+/m1/s1. The van der Waals surface area contributed by atoms with Crippen molar-refractivity contribution in [2.75, 3.05) is 13.7 Å². The molecule has 0 aliphatic carbocycles. The smallest absolute Gasteiger partial charge is 0.316 e. The average molecular weight is 364 g/mol. The molecule has 0 amide bonds. The minimum atomic E-state index is -0.295. The van der Waals surface area contributed by atoms with Crippen LogP contribution in [0, 0.1) is 17.2 Å². The zero-order valence-corrected chi connectivity index (χ0v) is 15.5. The Morgan fingerprint density at radius 3 is 2.59 bits per heavy atom. The Bertz CT molecular complexity index is 790. The van der Waals surface area contributed by atoms with Crippen molar-refractivity contribution in [2.24, 2.45) is 5.92 Å². The third-order valence-electron chi connectivity index (χ3n) is 4.91. The van der Waals surface area contributed by atoms with E-state index in [9.17, 15) is 10.1 Å². The maximum Gasteiger partial charge on any atom is 0.316 e. The molecule has 0 saturated carbocycles. The van der Waals surface area contributed by atoms with Crippen molar-refractivity contribution in [1.29, 1.82) is 5.26 Å². The predicted molar refractivity (Wildman–Crippen MR) is 102 cm³/mol. The Morgan fingerprint density at radius 1 is 1.26 bits per heavy atom.